The Morgan fingerprint density at radius 3 is 2.69 bits per heavy atom. The first-order chi connectivity index (χ1) is 15.7. The van der Waals surface area contributed by atoms with Gasteiger partial charge in [-0.3, -0.25) is 4.40 Å². The lowest BCUT2D eigenvalue weighted by Crippen LogP contribution is -1.96. The Bertz CT molecular complexity index is 1360. The van der Waals surface area contributed by atoms with E-state index >= 15 is 0 Å². The minimum absolute atomic E-state index is 0.749. The third-order valence-corrected chi connectivity index (χ3v) is 6.37. The Morgan fingerprint density at radius 1 is 1.00 bits per heavy atom. The maximum Gasteiger partial charge on any atom is 0.196 e. The van der Waals surface area contributed by atoms with Crippen LogP contribution >= 0.6 is 11.8 Å². The second-order valence-electron chi connectivity index (χ2n) is 7.84. The van der Waals surface area contributed by atoms with Crippen LogP contribution in [0.1, 0.15) is 30.9 Å². The number of aryl methyl sites for hydroxylation is 1. The Hall–Kier alpha value is -3.32. The molecule has 6 nitrogen and oxygen atoms in total. The molecule has 0 bridgehead atoms. The van der Waals surface area contributed by atoms with Crippen molar-refractivity contribution >= 4 is 22.9 Å². The van der Waals surface area contributed by atoms with Gasteiger partial charge in [-0.15, -0.1) is 10.2 Å². The molecule has 0 aliphatic heterocycles. The minimum Gasteiger partial charge on any atom is -0.494 e. The highest BCUT2D eigenvalue weighted by Crippen LogP contribution is 2.27. The molecule has 0 N–H and O–H groups in total. The predicted molar refractivity (Wildman–Crippen MR) is 128 cm³/mol. The average molecular weight is 444 g/mol. The fraction of sp³-hybridized carbons (Fsp3) is 0.240. The molecule has 0 saturated heterocycles. The van der Waals surface area contributed by atoms with Crippen molar-refractivity contribution in [2.45, 2.75) is 37.6 Å². The van der Waals surface area contributed by atoms with Crippen molar-refractivity contribution in [3.05, 3.63) is 78.1 Å². The summed E-state index contributed by atoms with van der Waals surface area (Å²) in [5, 5.41) is 14.5. The lowest BCUT2D eigenvalue weighted by Gasteiger charge is -2.05. The Morgan fingerprint density at radius 2 is 1.88 bits per heavy atom. The number of ether oxygens (including phenoxy) is 1. The van der Waals surface area contributed by atoms with Gasteiger partial charge in [-0.25, -0.2) is 4.52 Å². The molecule has 162 valence electrons. The van der Waals surface area contributed by atoms with Crippen LogP contribution in [0, 0.1) is 6.92 Å². The number of benzene rings is 2. The number of hydrogen-bond acceptors (Lipinski definition) is 5. The average Bonchev–Trinajstić information content (AvgIpc) is 3.42. The molecule has 0 atom stereocenters. The van der Waals surface area contributed by atoms with Crippen LogP contribution in [0.4, 0.5) is 0 Å². The first-order valence-electron chi connectivity index (χ1n) is 10.9. The van der Waals surface area contributed by atoms with Gasteiger partial charge in [0, 0.05) is 23.7 Å². The molecule has 0 amide bonds. The van der Waals surface area contributed by atoms with Gasteiger partial charge < -0.3 is 4.74 Å². The van der Waals surface area contributed by atoms with E-state index in [1.165, 1.54) is 11.1 Å². The second kappa shape index (κ2) is 9.04. The monoisotopic (exact) mass is 443 g/mol. The lowest BCUT2D eigenvalue weighted by molar-refractivity contribution is 0.309. The second-order valence-corrected chi connectivity index (χ2v) is 8.78. The van der Waals surface area contributed by atoms with E-state index in [0.717, 1.165) is 58.5 Å². The van der Waals surface area contributed by atoms with Crippen molar-refractivity contribution in [2.75, 3.05) is 6.61 Å². The molecule has 32 heavy (non-hydrogen) atoms. The Kier molecular flexibility index (Phi) is 5.81. The van der Waals surface area contributed by atoms with E-state index < -0.39 is 0 Å². The van der Waals surface area contributed by atoms with Crippen LogP contribution in [0.25, 0.3) is 22.4 Å². The normalized spacial score (nSPS) is 11.4. The highest BCUT2D eigenvalue weighted by molar-refractivity contribution is 7.98. The topological polar surface area (TPSA) is 56.7 Å². The summed E-state index contributed by atoms with van der Waals surface area (Å²) < 4.78 is 9.66. The van der Waals surface area contributed by atoms with Crippen molar-refractivity contribution in [1.29, 1.82) is 0 Å². The SMILES string of the molecule is CCCCOc1ccc(-c2cc3c4nnc(SCc5cccc(C)c5)n4ccn3n2)cc1. The molecule has 0 spiro atoms. The summed E-state index contributed by atoms with van der Waals surface area (Å²) in [7, 11) is 0. The fourth-order valence-electron chi connectivity index (χ4n) is 3.64. The molecule has 0 radical (unpaired) electrons. The highest BCUT2D eigenvalue weighted by Gasteiger charge is 2.13. The van der Waals surface area contributed by atoms with E-state index in [9.17, 15) is 0 Å². The van der Waals surface area contributed by atoms with Crippen molar-refractivity contribution in [3.8, 4) is 17.0 Å². The van der Waals surface area contributed by atoms with Gasteiger partial charge >= 0.3 is 0 Å². The number of aromatic nitrogens is 5. The molecule has 0 aliphatic carbocycles. The molecule has 7 heteroatoms. The fourth-order valence-corrected chi connectivity index (χ4v) is 4.50. The molecular formula is C25H25N5OS. The van der Waals surface area contributed by atoms with E-state index in [1.54, 1.807) is 11.8 Å². The molecule has 5 aromatic rings. The van der Waals surface area contributed by atoms with E-state index in [1.807, 2.05) is 45.6 Å². The largest absolute Gasteiger partial charge is 0.494 e. The van der Waals surface area contributed by atoms with Crippen molar-refractivity contribution in [2.24, 2.45) is 0 Å². The summed E-state index contributed by atoms with van der Waals surface area (Å²) in [4.78, 5) is 0. The van der Waals surface area contributed by atoms with Gasteiger partial charge in [-0.05, 0) is 49.2 Å². The van der Waals surface area contributed by atoms with Gasteiger partial charge in [-0.1, -0.05) is 54.9 Å². The number of hydrogen-bond donors (Lipinski definition) is 0. The van der Waals surface area contributed by atoms with Crippen molar-refractivity contribution in [1.82, 2.24) is 24.2 Å². The summed E-state index contributed by atoms with van der Waals surface area (Å²) in [6.07, 6.45) is 6.12. The molecule has 3 aromatic heterocycles. The maximum atomic E-state index is 5.77. The van der Waals surface area contributed by atoms with Gasteiger partial charge in [0.2, 0.25) is 0 Å². The molecule has 3 heterocycles. The molecule has 0 unspecified atom stereocenters. The summed E-state index contributed by atoms with van der Waals surface area (Å²) >= 11 is 1.69. The molecular weight excluding hydrogens is 418 g/mol. The number of nitrogens with zero attached hydrogens (tertiary/aromatic N) is 5. The predicted octanol–water partition coefficient (Wildman–Crippen LogP) is 5.82. The van der Waals surface area contributed by atoms with Crippen LogP contribution in [0.2, 0.25) is 0 Å². The zero-order chi connectivity index (χ0) is 21.9. The highest BCUT2D eigenvalue weighted by atomic mass is 32.2. The van der Waals surface area contributed by atoms with Crippen LogP contribution in [0.15, 0.2) is 72.1 Å². The van der Waals surface area contributed by atoms with Crippen LogP contribution in [-0.2, 0) is 5.75 Å². The summed E-state index contributed by atoms with van der Waals surface area (Å²) in [6.45, 7) is 5.02. The summed E-state index contributed by atoms with van der Waals surface area (Å²) in [6, 6.07) is 18.7. The summed E-state index contributed by atoms with van der Waals surface area (Å²) in [5.41, 5.74) is 6.22. The third kappa shape index (κ3) is 4.21. The Balaban J connectivity index is 1.39. The Labute approximate surface area is 191 Å². The minimum atomic E-state index is 0.749. The number of thioether (sulfide) groups is 1. The van der Waals surface area contributed by atoms with Crippen molar-refractivity contribution < 1.29 is 4.74 Å². The summed E-state index contributed by atoms with van der Waals surface area (Å²) in [5.74, 6) is 1.74. The molecule has 2 aromatic carbocycles. The van der Waals surface area contributed by atoms with Gasteiger partial charge in [0.1, 0.15) is 11.3 Å². The number of unbranched alkanes of at least 4 members (excludes halogenated alkanes) is 1. The van der Waals surface area contributed by atoms with Crippen LogP contribution in [0.5, 0.6) is 5.75 Å². The number of fused-ring (bicyclic) bond motifs is 3. The van der Waals surface area contributed by atoms with Gasteiger partial charge in [0.25, 0.3) is 0 Å². The lowest BCUT2D eigenvalue weighted by atomic mass is 10.1. The van der Waals surface area contributed by atoms with Gasteiger partial charge in [0.15, 0.2) is 10.8 Å². The zero-order valence-corrected chi connectivity index (χ0v) is 19.0. The van der Waals surface area contributed by atoms with Crippen molar-refractivity contribution in [3.63, 3.8) is 0 Å². The third-order valence-electron chi connectivity index (χ3n) is 5.35. The quantitative estimate of drug-likeness (QED) is 0.223. The van der Waals surface area contributed by atoms with Gasteiger partial charge in [0.05, 0.1) is 12.3 Å². The molecule has 0 fully saturated rings. The van der Waals surface area contributed by atoms with Crippen LogP contribution in [-0.4, -0.2) is 30.8 Å². The van der Waals surface area contributed by atoms with Crippen LogP contribution in [0.3, 0.4) is 0 Å². The first kappa shape index (κ1) is 20.6. The first-order valence-corrected chi connectivity index (χ1v) is 11.8. The number of rotatable bonds is 8. The molecule has 0 aliphatic rings. The smallest absolute Gasteiger partial charge is 0.196 e. The molecule has 5 rings (SSSR count). The van der Waals surface area contributed by atoms with E-state index in [-0.39, 0.29) is 0 Å². The zero-order valence-electron chi connectivity index (χ0n) is 18.2. The molecule has 0 saturated carbocycles. The standard InChI is InChI=1S/C25H25N5OS/c1-3-4-14-31-21-10-8-20(9-11-21)22-16-23-24-26-27-25(29(24)12-13-30(23)28-22)32-17-19-7-5-6-18(2)15-19/h5-13,15-16H,3-4,14,17H2,1-2H3. The van der Waals surface area contributed by atoms with Crippen LogP contribution < -0.4 is 4.74 Å². The van der Waals surface area contributed by atoms with Gasteiger partial charge in [-0.2, -0.15) is 5.10 Å². The van der Waals surface area contributed by atoms with E-state index in [2.05, 4.69) is 54.4 Å². The van der Waals surface area contributed by atoms with E-state index in [0.29, 0.717) is 0 Å². The van der Waals surface area contributed by atoms with E-state index in [4.69, 9.17) is 9.84 Å². The maximum absolute atomic E-state index is 5.77.